The lowest BCUT2D eigenvalue weighted by atomic mass is 9.87. The van der Waals surface area contributed by atoms with Crippen molar-refractivity contribution in [1.29, 1.82) is 0 Å². The van der Waals surface area contributed by atoms with Crippen molar-refractivity contribution in [3.63, 3.8) is 0 Å². The highest BCUT2D eigenvalue weighted by Crippen LogP contribution is 2.35. The summed E-state index contributed by atoms with van der Waals surface area (Å²) in [5, 5.41) is 20.3. The van der Waals surface area contributed by atoms with Crippen molar-refractivity contribution in [2.24, 2.45) is 0 Å². The van der Waals surface area contributed by atoms with E-state index in [1.807, 2.05) is 73.7 Å². The maximum absolute atomic E-state index is 13.6. The molecule has 17 nitrogen and oxygen atoms in total. The van der Waals surface area contributed by atoms with Gasteiger partial charge in [-0.15, -0.1) is 0 Å². The van der Waals surface area contributed by atoms with Crippen LogP contribution in [0.15, 0.2) is 91.3 Å². The van der Waals surface area contributed by atoms with Crippen LogP contribution in [0.2, 0.25) is 0 Å². The summed E-state index contributed by atoms with van der Waals surface area (Å²) in [6.45, 7) is 6.96. The summed E-state index contributed by atoms with van der Waals surface area (Å²) in [4.78, 5) is 61.1. The summed E-state index contributed by atoms with van der Waals surface area (Å²) in [6, 6.07) is 23.6. The van der Waals surface area contributed by atoms with Gasteiger partial charge in [-0.2, -0.15) is 5.10 Å². The summed E-state index contributed by atoms with van der Waals surface area (Å²) >= 11 is 0. The molecule has 5 aromatic rings. The first-order chi connectivity index (χ1) is 32.8. The smallest absolute Gasteiger partial charge is 0.255 e. The molecule has 2 aromatic heterocycles. The van der Waals surface area contributed by atoms with Crippen LogP contribution >= 0.6 is 0 Å². The van der Waals surface area contributed by atoms with E-state index in [4.69, 9.17) is 23.9 Å². The molecule has 8 rings (SSSR count). The Hall–Kier alpha value is -6.69. The predicted molar refractivity (Wildman–Crippen MR) is 249 cm³/mol. The summed E-state index contributed by atoms with van der Waals surface area (Å²) in [5.41, 5.74) is 4.00. The van der Waals surface area contributed by atoms with E-state index in [1.165, 1.54) is 4.90 Å². The minimum Gasteiger partial charge on any atom is -0.494 e. The fraction of sp³-hybridized carbons (Fsp3) is 0.420. The van der Waals surface area contributed by atoms with E-state index in [1.54, 1.807) is 24.5 Å². The standard InChI is InChI=1S/C50H59N9O8/c1-34(53-46(61)37-10-5-11-38(31-37)56-50(19-23-52-24-20-50)49-55-45(57-58-49)35-17-21-51-22-18-35)36-9-6-12-39(32-36)66-28-4-2-3-25-64-26-8-27-65-29-30-67-43-14-7-13-40-41(43)33-59(48(40)63)42-15-16-44(60)54-47(42)62/h5-7,9-14,17-18,21-22,31-32,34,42,52,56H,2-4,8,15-16,19-20,23-30,33H2,1H3,(H,53,61)(H,54,60,62)(H,55,57,58)/t34-,42?/m1/s1. The highest BCUT2D eigenvalue weighted by atomic mass is 16.5. The maximum atomic E-state index is 13.6. The molecular formula is C50H59N9O8. The number of imide groups is 1. The van der Waals surface area contributed by atoms with Gasteiger partial charge in [0.1, 0.15) is 24.1 Å². The number of H-pyrrole nitrogens is 1. The Morgan fingerprint density at radius 3 is 2.46 bits per heavy atom. The summed E-state index contributed by atoms with van der Waals surface area (Å²) in [7, 11) is 0. The van der Waals surface area contributed by atoms with Gasteiger partial charge in [0, 0.05) is 66.6 Å². The number of nitrogens with zero attached hydrogens (tertiary/aromatic N) is 4. The van der Waals surface area contributed by atoms with Crippen molar-refractivity contribution >= 4 is 29.3 Å². The predicted octanol–water partition coefficient (Wildman–Crippen LogP) is 5.86. The van der Waals surface area contributed by atoms with Gasteiger partial charge in [-0.25, -0.2) is 4.98 Å². The quantitative estimate of drug-likeness (QED) is 0.0385. The molecule has 3 aliphatic rings. The highest BCUT2D eigenvalue weighted by Gasteiger charge is 2.40. The molecular weight excluding hydrogens is 855 g/mol. The van der Waals surface area contributed by atoms with Crippen molar-refractivity contribution in [3.8, 4) is 22.9 Å². The fourth-order valence-electron chi connectivity index (χ4n) is 8.68. The number of anilines is 1. The SMILES string of the molecule is C[C@@H](NC(=O)c1cccc(NC2(c3nc(-c4ccncc4)n[nH]3)CCNCC2)c1)c1cccc(OCCCCCOCCCOCCOc2cccc3c2CN(C2CCC(=O)NC2=O)C3=O)c1. The Balaban J connectivity index is 0.688. The van der Waals surface area contributed by atoms with Gasteiger partial charge in [-0.3, -0.25) is 34.6 Å². The third-order valence-corrected chi connectivity index (χ3v) is 12.4. The Kier molecular flexibility index (Phi) is 15.8. The number of ether oxygens (including phenoxy) is 4. The number of carbonyl (C=O) groups is 4. The molecule has 5 N–H and O–H groups in total. The first kappa shape index (κ1) is 46.8. The highest BCUT2D eigenvalue weighted by molar-refractivity contribution is 6.05. The zero-order valence-corrected chi connectivity index (χ0v) is 37.9. The van der Waals surface area contributed by atoms with Gasteiger partial charge in [-0.1, -0.05) is 24.3 Å². The lowest BCUT2D eigenvalue weighted by Gasteiger charge is -2.37. The van der Waals surface area contributed by atoms with Crippen molar-refractivity contribution in [3.05, 3.63) is 119 Å². The number of unbranched alkanes of at least 4 members (excludes halogenated alkanes) is 2. The first-order valence-corrected chi connectivity index (χ1v) is 23.3. The first-order valence-electron chi connectivity index (χ1n) is 23.3. The summed E-state index contributed by atoms with van der Waals surface area (Å²) in [5.74, 6) is 1.59. The van der Waals surface area contributed by atoms with Gasteiger partial charge in [0.25, 0.3) is 11.8 Å². The molecule has 17 heteroatoms. The Morgan fingerprint density at radius 2 is 1.63 bits per heavy atom. The number of amides is 4. The number of rotatable bonds is 23. The second kappa shape index (κ2) is 22.7. The lowest BCUT2D eigenvalue weighted by molar-refractivity contribution is -0.136. The van der Waals surface area contributed by atoms with Crippen LogP contribution in [0, 0.1) is 0 Å². The molecule has 3 aliphatic heterocycles. The number of aromatic amines is 1. The largest absolute Gasteiger partial charge is 0.494 e. The molecule has 0 aliphatic carbocycles. The van der Waals surface area contributed by atoms with E-state index >= 15 is 0 Å². The summed E-state index contributed by atoms with van der Waals surface area (Å²) < 4.78 is 23.6. The van der Waals surface area contributed by atoms with Crippen LogP contribution in [-0.4, -0.2) is 107 Å². The van der Waals surface area contributed by atoms with Crippen LogP contribution in [0.4, 0.5) is 5.69 Å². The third kappa shape index (κ3) is 12.0. The minimum absolute atomic E-state index is 0.170. The van der Waals surface area contributed by atoms with Crippen molar-refractivity contribution in [1.82, 2.24) is 41.0 Å². The number of piperidine rings is 2. The molecule has 1 unspecified atom stereocenters. The Morgan fingerprint density at radius 1 is 0.851 bits per heavy atom. The molecule has 5 heterocycles. The van der Waals surface area contributed by atoms with E-state index in [2.05, 4.69) is 36.4 Å². The van der Waals surface area contributed by atoms with Gasteiger partial charge in [0.15, 0.2) is 11.6 Å². The van der Waals surface area contributed by atoms with Crippen LogP contribution in [0.3, 0.4) is 0 Å². The van der Waals surface area contributed by atoms with Crippen LogP contribution < -0.4 is 30.7 Å². The molecule has 0 saturated carbocycles. The lowest BCUT2D eigenvalue weighted by Crippen LogP contribution is -2.52. The molecule has 2 fully saturated rings. The second-order valence-electron chi connectivity index (χ2n) is 17.1. The zero-order chi connectivity index (χ0) is 46.4. The molecule has 0 spiro atoms. The van der Waals surface area contributed by atoms with Crippen molar-refractivity contribution in [2.75, 3.05) is 58.0 Å². The molecule has 4 amide bonds. The van der Waals surface area contributed by atoms with Crippen LogP contribution in [-0.2, 0) is 31.1 Å². The van der Waals surface area contributed by atoms with Crippen LogP contribution in [0.25, 0.3) is 11.4 Å². The third-order valence-electron chi connectivity index (χ3n) is 12.4. The number of carbonyl (C=O) groups excluding carboxylic acids is 4. The van der Waals surface area contributed by atoms with Gasteiger partial charge >= 0.3 is 0 Å². The molecule has 352 valence electrons. The van der Waals surface area contributed by atoms with E-state index in [0.29, 0.717) is 68.8 Å². The van der Waals surface area contributed by atoms with Crippen molar-refractivity contribution < 1.29 is 38.1 Å². The number of aromatic nitrogens is 4. The number of hydrogen-bond acceptors (Lipinski definition) is 13. The number of pyridine rings is 1. The number of nitrogens with one attached hydrogen (secondary N) is 5. The zero-order valence-electron chi connectivity index (χ0n) is 37.9. The topological polar surface area (TPSA) is 211 Å². The van der Waals surface area contributed by atoms with Gasteiger partial charge in [0.2, 0.25) is 11.8 Å². The summed E-state index contributed by atoms with van der Waals surface area (Å²) in [6.07, 6.45) is 9.11. The average Bonchev–Trinajstić information content (AvgIpc) is 3.99. The molecule has 2 saturated heterocycles. The number of hydrogen-bond donors (Lipinski definition) is 5. The van der Waals surface area contributed by atoms with E-state index < -0.39 is 17.5 Å². The average molecular weight is 914 g/mol. The molecule has 0 bridgehead atoms. The van der Waals surface area contributed by atoms with Crippen LogP contribution in [0.1, 0.15) is 102 Å². The van der Waals surface area contributed by atoms with Gasteiger partial charge in [0.05, 0.1) is 31.3 Å². The normalized spacial score (nSPS) is 17.1. The fourth-order valence-corrected chi connectivity index (χ4v) is 8.68. The monoisotopic (exact) mass is 913 g/mol. The maximum Gasteiger partial charge on any atom is 0.255 e. The number of fused-ring (bicyclic) bond motifs is 1. The van der Waals surface area contributed by atoms with Gasteiger partial charge < -0.3 is 39.8 Å². The van der Waals surface area contributed by atoms with Crippen LogP contribution in [0.5, 0.6) is 11.5 Å². The van der Waals surface area contributed by atoms with Crippen molar-refractivity contribution in [2.45, 2.75) is 82.5 Å². The molecule has 3 aromatic carbocycles. The molecule has 67 heavy (non-hydrogen) atoms. The molecule has 2 atom stereocenters. The van der Waals surface area contributed by atoms with Gasteiger partial charge in [-0.05, 0) is 125 Å². The minimum atomic E-state index is -0.667. The number of benzene rings is 3. The molecule has 0 radical (unpaired) electrons. The Bertz CT molecular complexity index is 2480. The van der Waals surface area contributed by atoms with E-state index in [0.717, 1.165) is 85.6 Å². The Labute approximate surface area is 390 Å². The van der Waals surface area contributed by atoms with E-state index in [9.17, 15) is 19.2 Å². The second-order valence-corrected chi connectivity index (χ2v) is 17.1. The van der Waals surface area contributed by atoms with E-state index in [-0.39, 0.29) is 36.7 Å².